The summed E-state index contributed by atoms with van der Waals surface area (Å²) < 4.78 is 13.2. The fourth-order valence-corrected chi connectivity index (χ4v) is 5.09. The fourth-order valence-electron chi connectivity index (χ4n) is 5.09. The molecule has 1 amide bonds. The van der Waals surface area contributed by atoms with E-state index in [0.717, 1.165) is 75.4 Å². The van der Waals surface area contributed by atoms with Crippen LogP contribution in [0.4, 0.5) is 4.39 Å². The molecule has 0 aliphatic carbocycles. The highest BCUT2D eigenvalue weighted by molar-refractivity contribution is 5.79. The Balaban J connectivity index is 1.15. The molecule has 0 unspecified atom stereocenters. The zero-order chi connectivity index (χ0) is 23.3. The van der Waals surface area contributed by atoms with Crippen LogP contribution in [0, 0.1) is 11.7 Å². The van der Waals surface area contributed by atoms with Gasteiger partial charge < -0.3 is 9.80 Å². The van der Waals surface area contributed by atoms with Gasteiger partial charge in [0.1, 0.15) is 11.6 Å². The van der Waals surface area contributed by atoms with E-state index >= 15 is 0 Å². The van der Waals surface area contributed by atoms with Crippen LogP contribution < -0.4 is 0 Å². The summed E-state index contributed by atoms with van der Waals surface area (Å²) in [6.45, 7) is 3.65. The maximum absolute atomic E-state index is 13.4. The Morgan fingerprint density at radius 3 is 2.65 bits per heavy atom. The second kappa shape index (κ2) is 10.4. The molecule has 0 bridgehead atoms. The molecule has 2 aliphatic rings. The van der Waals surface area contributed by atoms with E-state index < -0.39 is 0 Å². The minimum Gasteiger partial charge on any atom is -0.332 e. The Labute approximate surface area is 199 Å². The summed E-state index contributed by atoms with van der Waals surface area (Å²) in [4.78, 5) is 26.9. The molecule has 2 fully saturated rings. The van der Waals surface area contributed by atoms with Crippen molar-refractivity contribution in [3.05, 3.63) is 77.4 Å². The van der Waals surface area contributed by atoms with Gasteiger partial charge in [-0.3, -0.25) is 14.9 Å². The number of pyridine rings is 1. The van der Waals surface area contributed by atoms with Gasteiger partial charge in [-0.25, -0.2) is 9.37 Å². The molecule has 178 valence electrons. The van der Waals surface area contributed by atoms with Crippen molar-refractivity contribution in [2.75, 3.05) is 26.2 Å². The molecule has 5 rings (SSSR count). The van der Waals surface area contributed by atoms with Gasteiger partial charge in [0, 0.05) is 43.7 Å². The molecule has 0 radical (unpaired) electrons. The van der Waals surface area contributed by atoms with Crippen LogP contribution in [0.1, 0.15) is 54.6 Å². The summed E-state index contributed by atoms with van der Waals surface area (Å²) in [5.74, 6) is 1.50. The smallest absolute Gasteiger partial charge is 0.226 e. The molecule has 8 heteroatoms. The third-order valence-electron chi connectivity index (χ3n) is 7.01. The summed E-state index contributed by atoms with van der Waals surface area (Å²) in [5, 5.41) is 7.45. The van der Waals surface area contributed by atoms with Gasteiger partial charge in [-0.2, -0.15) is 5.10 Å². The third-order valence-corrected chi connectivity index (χ3v) is 7.01. The highest BCUT2D eigenvalue weighted by atomic mass is 19.1. The number of amides is 1. The highest BCUT2D eigenvalue weighted by Crippen LogP contribution is 2.33. The van der Waals surface area contributed by atoms with E-state index in [1.165, 1.54) is 12.1 Å². The van der Waals surface area contributed by atoms with Gasteiger partial charge in [0.15, 0.2) is 5.82 Å². The number of hydrogen-bond donors (Lipinski definition) is 1. The number of piperidine rings is 1. The molecule has 2 saturated heterocycles. The standard InChI is InChI=1S/C26H31FN6O/c27-21-8-6-19(7-9-21)18-24-29-25(31-30-24)23-5-3-14-33(23)26(34)20-10-15-32(16-11-20)17-12-22-4-1-2-13-28-22/h1-2,4,6-9,13,20,23H,3,5,10-12,14-18H2,(H,29,30,31)/t23-/m0/s1. The number of carbonyl (C=O) groups excluding carboxylic acids is 1. The first-order chi connectivity index (χ1) is 16.7. The van der Waals surface area contributed by atoms with Crippen molar-refractivity contribution >= 4 is 5.91 Å². The second-order valence-corrected chi connectivity index (χ2v) is 9.32. The zero-order valence-electron chi connectivity index (χ0n) is 19.4. The van der Waals surface area contributed by atoms with E-state index in [9.17, 15) is 9.18 Å². The molecule has 4 heterocycles. The first-order valence-corrected chi connectivity index (χ1v) is 12.2. The molecule has 2 aliphatic heterocycles. The largest absolute Gasteiger partial charge is 0.332 e. The van der Waals surface area contributed by atoms with Gasteiger partial charge in [0.2, 0.25) is 5.91 Å². The summed E-state index contributed by atoms with van der Waals surface area (Å²) >= 11 is 0. The quantitative estimate of drug-likeness (QED) is 0.581. The average molecular weight is 463 g/mol. The van der Waals surface area contributed by atoms with Crippen molar-refractivity contribution in [2.24, 2.45) is 5.92 Å². The second-order valence-electron chi connectivity index (χ2n) is 9.32. The molecule has 1 aromatic carbocycles. The van der Waals surface area contributed by atoms with Crippen LogP contribution in [0.15, 0.2) is 48.7 Å². The Morgan fingerprint density at radius 2 is 1.88 bits per heavy atom. The van der Waals surface area contributed by atoms with E-state index in [1.807, 2.05) is 23.2 Å². The van der Waals surface area contributed by atoms with Gasteiger partial charge >= 0.3 is 0 Å². The van der Waals surface area contributed by atoms with Crippen molar-refractivity contribution in [2.45, 2.75) is 44.6 Å². The Bertz CT molecular complexity index is 1080. The summed E-state index contributed by atoms with van der Waals surface area (Å²) in [7, 11) is 0. The molecule has 0 saturated carbocycles. The molecule has 0 spiro atoms. The van der Waals surface area contributed by atoms with Crippen LogP contribution in [0.5, 0.6) is 0 Å². The number of hydrogen-bond acceptors (Lipinski definition) is 5. The minimum atomic E-state index is -0.249. The monoisotopic (exact) mass is 462 g/mol. The van der Waals surface area contributed by atoms with E-state index in [-0.39, 0.29) is 23.7 Å². The predicted molar refractivity (Wildman–Crippen MR) is 126 cm³/mol. The number of carbonyl (C=O) groups is 1. The van der Waals surface area contributed by atoms with Crippen LogP contribution in [0.2, 0.25) is 0 Å². The Kier molecular flexibility index (Phi) is 6.94. The van der Waals surface area contributed by atoms with Crippen molar-refractivity contribution < 1.29 is 9.18 Å². The molecule has 2 aromatic heterocycles. The Hall–Kier alpha value is -3.13. The fraction of sp³-hybridized carbons (Fsp3) is 0.462. The van der Waals surface area contributed by atoms with Gasteiger partial charge in [-0.1, -0.05) is 18.2 Å². The zero-order valence-corrected chi connectivity index (χ0v) is 19.4. The van der Waals surface area contributed by atoms with Crippen LogP contribution in [-0.4, -0.2) is 62.1 Å². The number of nitrogens with one attached hydrogen (secondary N) is 1. The normalized spacial score (nSPS) is 19.6. The SMILES string of the molecule is O=C(C1CCN(CCc2ccccn2)CC1)N1CCC[C@H]1c1n[nH]c(Cc2ccc(F)cc2)n1. The van der Waals surface area contributed by atoms with Crippen molar-refractivity contribution in [3.63, 3.8) is 0 Å². The molecule has 1 N–H and O–H groups in total. The maximum atomic E-state index is 13.4. The van der Waals surface area contributed by atoms with Gasteiger partial charge in [-0.05, 0) is 68.6 Å². The number of rotatable bonds is 7. The number of aromatic amines is 1. The van der Waals surface area contributed by atoms with Gasteiger partial charge in [-0.15, -0.1) is 0 Å². The molecule has 3 aromatic rings. The van der Waals surface area contributed by atoms with E-state index in [1.54, 1.807) is 12.1 Å². The number of nitrogens with zero attached hydrogens (tertiary/aromatic N) is 5. The van der Waals surface area contributed by atoms with Crippen LogP contribution in [0.3, 0.4) is 0 Å². The molecule has 34 heavy (non-hydrogen) atoms. The lowest BCUT2D eigenvalue weighted by Crippen LogP contribution is -2.43. The van der Waals surface area contributed by atoms with Gasteiger partial charge in [0.25, 0.3) is 0 Å². The Morgan fingerprint density at radius 1 is 1.06 bits per heavy atom. The highest BCUT2D eigenvalue weighted by Gasteiger charge is 2.37. The van der Waals surface area contributed by atoms with Crippen LogP contribution in [0.25, 0.3) is 0 Å². The lowest BCUT2D eigenvalue weighted by atomic mass is 9.94. The number of halogens is 1. The topological polar surface area (TPSA) is 78.0 Å². The minimum absolute atomic E-state index is 0.0621. The van der Waals surface area contributed by atoms with E-state index in [0.29, 0.717) is 12.2 Å². The number of aromatic nitrogens is 4. The maximum Gasteiger partial charge on any atom is 0.226 e. The van der Waals surface area contributed by atoms with Crippen molar-refractivity contribution in [1.29, 1.82) is 0 Å². The number of H-pyrrole nitrogens is 1. The molecule has 7 nitrogen and oxygen atoms in total. The predicted octanol–water partition coefficient (Wildman–Crippen LogP) is 3.55. The van der Waals surface area contributed by atoms with E-state index in [2.05, 4.69) is 31.1 Å². The first-order valence-electron chi connectivity index (χ1n) is 12.2. The van der Waals surface area contributed by atoms with Crippen molar-refractivity contribution in [1.82, 2.24) is 30.0 Å². The number of benzene rings is 1. The number of likely N-dealkylation sites (tertiary alicyclic amines) is 2. The summed E-state index contributed by atoms with van der Waals surface area (Å²) in [5.41, 5.74) is 2.09. The third kappa shape index (κ3) is 5.33. The lowest BCUT2D eigenvalue weighted by Gasteiger charge is -2.34. The van der Waals surface area contributed by atoms with Crippen LogP contribution in [-0.2, 0) is 17.6 Å². The van der Waals surface area contributed by atoms with Crippen LogP contribution >= 0.6 is 0 Å². The molecule has 1 atom stereocenters. The average Bonchev–Trinajstić information content (AvgIpc) is 3.54. The molecular weight excluding hydrogens is 431 g/mol. The summed E-state index contributed by atoms with van der Waals surface area (Å²) in [6, 6.07) is 12.4. The van der Waals surface area contributed by atoms with Gasteiger partial charge in [0.05, 0.1) is 6.04 Å². The first kappa shape index (κ1) is 22.7. The lowest BCUT2D eigenvalue weighted by molar-refractivity contribution is -0.138. The molecular formula is C26H31FN6O. The van der Waals surface area contributed by atoms with E-state index in [4.69, 9.17) is 0 Å². The van der Waals surface area contributed by atoms with Crippen molar-refractivity contribution in [3.8, 4) is 0 Å². The summed E-state index contributed by atoms with van der Waals surface area (Å²) in [6.07, 6.45) is 7.00.